The number of aromatic amines is 1. The number of carbonyl (C=O) groups excluding carboxylic acids is 1. The smallest absolute Gasteiger partial charge is 0.410 e. The molecule has 5 heteroatoms. The number of aromatic nitrogens is 1. The number of nitrogens with one attached hydrogen (secondary N) is 1. The molecule has 0 aromatic carbocycles. The average Bonchev–Trinajstić information content (AvgIpc) is 2.35. The quantitative estimate of drug-likeness (QED) is 0.797. The van der Waals surface area contributed by atoms with Crippen LogP contribution in [0, 0.1) is 5.92 Å². The first-order chi connectivity index (χ1) is 9.82. The van der Waals surface area contributed by atoms with E-state index in [-0.39, 0.29) is 11.7 Å². The van der Waals surface area contributed by atoms with Gasteiger partial charge < -0.3 is 14.6 Å². The van der Waals surface area contributed by atoms with Crippen molar-refractivity contribution >= 4 is 6.09 Å². The van der Waals surface area contributed by atoms with Gasteiger partial charge in [-0.1, -0.05) is 6.07 Å². The molecule has 2 aliphatic rings. The van der Waals surface area contributed by atoms with E-state index in [4.69, 9.17) is 4.74 Å². The topological polar surface area (TPSA) is 62.4 Å². The number of H-pyrrole nitrogens is 1. The number of hydrogen-bond acceptors (Lipinski definition) is 3. The Kier molecular flexibility index (Phi) is 3.30. The minimum Gasteiger partial charge on any atom is -0.444 e. The number of hydrogen-bond donors (Lipinski definition) is 1. The van der Waals surface area contributed by atoms with Crippen molar-refractivity contribution in [3.8, 4) is 0 Å². The lowest BCUT2D eigenvalue weighted by Crippen LogP contribution is -2.48. The molecular weight excluding hydrogens is 268 g/mol. The normalized spacial score (nSPS) is 24.4. The van der Waals surface area contributed by atoms with E-state index in [1.165, 1.54) is 5.56 Å². The van der Waals surface area contributed by atoms with Crippen molar-refractivity contribution in [3.05, 3.63) is 33.7 Å². The monoisotopic (exact) mass is 290 g/mol. The van der Waals surface area contributed by atoms with Crippen LogP contribution in [0.25, 0.3) is 0 Å². The molecule has 1 amide bonds. The summed E-state index contributed by atoms with van der Waals surface area (Å²) in [4.78, 5) is 28.5. The molecule has 2 heterocycles. The average molecular weight is 290 g/mol. The van der Waals surface area contributed by atoms with Crippen molar-refractivity contribution in [3.63, 3.8) is 0 Å². The van der Waals surface area contributed by atoms with Crippen LogP contribution >= 0.6 is 0 Å². The molecule has 1 aromatic rings. The predicted molar refractivity (Wildman–Crippen MR) is 79.4 cm³/mol. The fourth-order valence-electron chi connectivity index (χ4n) is 3.42. The number of carbonyl (C=O) groups is 1. The highest BCUT2D eigenvalue weighted by molar-refractivity contribution is 5.68. The van der Waals surface area contributed by atoms with Gasteiger partial charge in [0.1, 0.15) is 5.60 Å². The van der Waals surface area contributed by atoms with Crippen LogP contribution in [0.2, 0.25) is 0 Å². The minimum atomic E-state index is -0.465. The lowest BCUT2D eigenvalue weighted by molar-refractivity contribution is 0.0129. The molecule has 0 unspecified atom stereocenters. The fourth-order valence-corrected chi connectivity index (χ4v) is 3.42. The van der Waals surface area contributed by atoms with Crippen molar-refractivity contribution < 1.29 is 9.53 Å². The Hall–Kier alpha value is -1.78. The molecule has 2 bridgehead atoms. The van der Waals surface area contributed by atoms with Crippen LogP contribution in [-0.2, 0) is 11.2 Å². The van der Waals surface area contributed by atoms with Gasteiger partial charge in [0.05, 0.1) is 0 Å². The van der Waals surface area contributed by atoms with Gasteiger partial charge in [-0.3, -0.25) is 4.79 Å². The molecule has 0 radical (unpaired) electrons. The van der Waals surface area contributed by atoms with Crippen molar-refractivity contribution in [1.82, 2.24) is 9.88 Å². The van der Waals surface area contributed by atoms with Gasteiger partial charge in [-0.05, 0) is 45.1 Å². The van der Waals surface area contributed by atoms with Gasteiger partial charge in [-0.25, -0.2) is 4.79 Å². The number of rotatable bonds is 0. The van der Waals surface area contributed by atoms with Crippen LogP contribution in [0.5, 0.6) is 0 Å². The van der Waals surface area contributed by atoms with Gasteiger partial charge in [0.15, 0.2) is 0 Å². The van der Waals surface area contributed by atoms with Gasteiger partial charge in [-0.15, -0.1) is 0 Å². The number of amides is 1. The van der Waals surface area contributed by atoms with E-state index in [1.807, 2.05) is 31.7 Å². The summed E-state index contributed by atoms with van der Waals surface area (Å²) >= 11 is 0. The predicted octanol–water partition coefficient (Wildman–Crippen LogP) is 2.27. The summed E-state index contributed by atoms with van der Waals surface area (Å²) in [6, 6.07) is 3.49. The third-order valence-corrected chi connectivity index (χ3v) is 4.16. The van der Waals surface area contributed by atoms with Crippen molar-refractivity contribution in [2.75, 3.05) is 13.1 Å². The fraction of sp³-hybridized carbons (Fsp3) is 0.625. The van der Waals surface area contributed by atoms with Gasteiger partial charge in [0.2, 0.25) is 5.56 Å². The third kappa shape index (κ3) is 2.96. The second-order valence-electron chi connectivity index (χ2n) is 7.14. The summed E-state index contributed by atoms with van der Waals surface area (Å²) in [6.07, 6.45) is 1.68. The first-order valence-electron chi connectivity index (χ1n) is 7.52. The summed E-state index contributed by atoms with van der Waals surface area (Å²) in [5.74, 6) is 0.707. The van der Waals surface area contributed by atoms with Crippen LogP contribution < -0.4 is 5.56 Å². The highest BCUT2D eigenvalue weighted by Crippen LogP contribution is 2.38. The highest BCUT2D eigenvalue weighted by atomic mass is 16.6. The number of nitrogens with zero attached hydrogens (tertiary/aromatic N) is 1. The number of likely N-dealkylation sites (tertiary alicyclic amines) is 1. The molecule has 0 spiro atoms. The molecular formula is C16H22N2O3. The lowest BCUT2D eigenvalue weighted by atomic mass is 9.76. The summed E-state index contributed by atoms with van der Waals surface area (Å²) in [7, 11) is 0. The Morgan fingerprint density at radius 1 is 1.33 bits per heavy atom. The van der Waals surface area contributed by atoms with E-state index >= 15 is 0 Å². The van der Waals surface area contributed by atoms with Crippen LogP contribution in [0.4, 0.5) is 4.79 Å². The molecule has 2 atom stereocenters. The van der Waals surface area contributed by atoms with Crippen molar-refractivity contribution in [2.45, 2.75) is 45.1 Å². The minimum absolute atomic E-state index is 0.0438. The maximum atomic E-state index is 12.3. The zero-order chi connectivity index (χ0) is 15.2. The van der Waals surface area contributed by atoms with E-state index in [0.29, 0.717) is 24.9 Å². The molecule has 0 saturated carbocycles. The first-order valence-corrected chi connectivity index (χ1v) is 7.52. The summed E-state index contributed by atoms with van der Waals surface area (Å²) in [5.41, 5.74) is 1.72. The van der Waals surface area contributed by atoms with Crippen molar-refractivity contribution in [1.29, 1.82) is 0 Å². The van der Waals surface area contributed by atoms with Crippen LogP contribution in [0.3, 0.4) is 0 Å². The zero-order valence-corrected chi connectivity index (χ0v) is 12.8. The van der Waals surface area contributed by atoms with Crippen LogP contribution in [0.15, 0.2) is 16.9 Å². The zero-order valence-electron chi connectivity index (χ0n) is 12.8. The van der Waals surface area contributed by atoms with E-state index < -0.39 is 5.60 Å². The van der Waals surface area contributed by atoms with Gasteiger partial charge in [0, 0.05) is 30.8 Å². The highest BCUT2D eigenvalue weighted by Gasteiger charge is 2.37. The SMILES string of the molecule is CC(C)(C)OC(=O)N1C[C@H]2Cc3[nH]c(=O)ccc3[C@H](C2)C1. The van der Waals surface area contributed by atoms with Gasteiger partial charge >= 0.3 is 6.09 Å². The Morgan fingerprint density at radius 2 is 2.10 bits per heavy atom. The van der Waals surface area contributed by atoms with Gasteiger partial charge in [0.25, 0.3) is 0 Å². The lowest BCUT2D eigenvalue weighted by Gasteiger charge is -2.42. The number of piperidine rings is 1. The van der Waals surface area contributed by atoms with E-state index in [2.05, 4.69) is 4.98 Å². The molecule has 1 aliphatic heterocycles. The second-order valence-corrected chi connectivity index (χ2v) is 7.14. The molecule has 114 valence electrons. The van der Waals surface area contributed by atoms with E-state index in [0.717, 1.165) is 18.5 Å². The maximum absolute atomic E-state index is 12.3. The number of fused-ring (bicyclic) bond motifs is 4. The summed E-state index contributed by atoms with van der Waals surface area (Å²) in [6.45, 7) is 7.04. The first kappa shape index (κ1) is 14.2. The third-order valence-electron chi connectivity index (χ3n) is 4.16. The second kappa shape index (κ2) is 4.90. The largest absolute Gasteiger partial charge is 0.444 e. The summed E-state index contributed by atoms with van der Waals surface area (Å²) in [5, 5.41) is 0. The van der Waals surface area contributed by atoms with E-state index in [9.17, 15) is 9.59 Å². The Morgan fingerprint density at radius 3 is 2.81 bits per heavy atom. The molecule has 1 fully saturated rings. The van der Waals surface area contributed by atoms with E-state index in [1.54, 1.807) is 6.07 Å². The Bertz CT molecular complexity index is 615. The Labute approximate surface area is 124 Å². The molecule has 5 nitrogen and oxygen atoms in total. The molecule has 1 aromatic heterocycles. The molecule has 1 saturated heterocycles. The van der Waals surface area contributed by atoms with Crippen LogP contribution in [0.1, 0.15) is 44.4 Å². The molecule has 21 heavy (non-hydrogen) atoms. The summed E-state index contributed by atoms with van der Waals surface area (Å²) < 4.78 is 5.48. The number of pyridine rings is 1. The van der Waals surface area contributed by atoms with Gasteiger partial charge in [-0.2, -0.15) is 0 Å². The molecule has 1 N–H and O–H groups in total. The van der Waals surface area contributed by atoms with Crippen LogP contribution in [-0.4, -0.2) is 34.7 Å². The Balaban J connectivity index is 1.80. The standard InChI is InChI=1S/C16H22N2O3/c1-16(2,3)21-15(20)18-8-10-6-11(9-18)12-4-5-14(19)17-13(12)7-10/h4-5,10-11H,6-9H2,1-3H3,(H,17,19)/t10-,11-/m1/s1. The molecule has 1 aliphatic carbocycles. The maximum Gasteiger partial charge on any atom is 0.410 e. The molecule has 3 rings (SSSR count). The van der Waals surface area contributed by atoms with Crippen molar-refractivity contribution in [2.24, 2.45) is 5.92 Å². The number of ether oxygens (including phenoxy) is 1.